The van der Waals surface area contributed by atoms with Gasteiger partial charge in [0, 0.05) is 6.04 Å². The van der Waals surface area contributed by atoms with Crippen molar-refractivity contribution in [3.05, 3.63) is 0 Å². The maximum atomic E-state index is 11.2. The van der Waals surface area contributed by atoms with Crippen molar-refractivity contribution < 1.29 is 9.90 Å². The summed E-state index contributed by atoms with van der Waals surface area (Å²) in [6.45, 7) is 6.87. The van der Waals surface area contributed by atoms with Crippen molar-refractivity contribution in [3.8, 4) is 0 Å². The summed E-state index contributed by atoms with van der Waals surface area (Å²) >= 11 is 0. The molecule has 2 rings (SSSR count). The first-order chi connectivity index (χ1) is 7.87. The van der Waals surface area contributed by atoms with Crippen LogP contribution in [0.4, 0.5) is 0 Å². The summed E-state index contributed by atoms with van der Waals surface area (Å²) in [7, 11) is 0. The van der Waals surface area contributed by atoms with E-state index in [0.717, 1.165) is 25.7 Å². The van der Waals surface area contributed by atoms with Crippen LogP contribution in [0.15, 0.2) is 0 Å². The molecule has 2 aliphatic carbocycles. The molecule has 3 nitrogen and oxygen atoms in total. The van der Waals surface area contributed by atoms with Gasteiger partial charge in [0.1, 0.15) is 6.04 Å². The van der Waals surface area contributed by atoms with E-state index in [1.165, 1.54) is 6.42 Å². The van der Waals surface area contributed by atoms with E-state index in [0.29, 0.717) is 23.3 Å². The van der Waals surface area contributed by atoms with E-state index in [-0.39, 0.29) is 6.04 Å². The molecule has 0 saturated heterocycles. The van der Waals surface area contributed by atoms with Gasteiger partial charge in [0.25, 0.3) is 0 Å². The van der Waals surface area contributed by atoms with E-state index in [1.807, 2.05) is 0 Å². The minimum Gasteiger partial charge on any atom is -0.480 e. The van der Waals surface area contributed by atoms with Crippen LogP contribution < -0.4 is 5.32 Å². The van der Waals surface area contributed by atoms with Crippen molar-refractivity contribution in [1.29, 1.82) is 0 Å². The minimum absolute atomic E-state index is 0.305. The summed E-state index contributed by atoms with van der Waals surface area (Å²) in [5.74, 6) is 0.418. The van der Waals surface area contributed by atoms with Gasteiger partial charge in [-0.2, -0.15) is 0 Å². The molecule has 3 unspecified atom stereocenters. The standard InChI is InChI=1S/C14H25NO2/c1-9-6-11(8-14(2,3)7-9)15-12(13(16)17)10-4-5-10/h9-12,15H,4-8H2,1-3H3,(H,16,17). The number of aliphatic carboxylic acids is 1. The van der Waals surface area contributed by atoms with E-state index in [9.17, 15) is 9.90 Å². The first kappa shape index (κ1) is 12.9. The van der Waals surface area contributed by atoms with Gasteiger partial charge < -0.3 is 10.4 Å². The lowest BCUT2D eigenvalue weighted by Gasteiger charge is -2.40. The largest absolute Gasteiger partial charge is 0.480 e. The third kappa shape index (κ3) is 3.44. The van der Waals surface area contributed by atoms with Crippen molar-refractivity contribution in [3.63, 3.8) is 0 Å². The summed E-state index contributed by atoms with van der Waals surface area (Å²) in [5, 5.41) is 12.7. The zero-order valence-electron chi connectivity index (χ0n) is 11.2. The van der Waals surface area contributed by atoms with Crippen molar-refractivity contribution in [2.24, 2.45) is 17.3 Å². The fraction of sp³-hybridized carbons (Fsp3) is 0.929. The number of carboxylic acids is 1. The highest BCUT2D eigenvalue weighted by molar-refractivity contribution is 5.74. The van der Waals surface area contributed by atoms with Crippen LogP contribution in [0, 0.1) is 17.3 Å². The van der Waals surface area contributed by atoms with Crippen LogP contribution >= 0.6 is 0 Å². The van der Waals surface area contributed by atoms with Crippen LogP contribution in [0.2, 0.25) is 0 Å². The number of nitrogens with one attached hydrogen (secondary N) is 1. The minimum atomic E-state index is -0.663. The molecule has 0 heterocycles. The molecule has 17 heavy (non-hydrogen) atoms. The van der Waals surface area contributed by atoms with Gasteiger partial charge in [-0.3, -0.25) is 4.79 Å². The molecule has 2 aliphatic rings. The normalized spacial score (nSPS) is 34.3. The van der Waals surface area contributed by atoms with Gasteiger partial charge in [-0.15, -0.1) is 0 Å². The van der Waals surface area contributed by atoms with Crippen molar-refractivity contribution in [2.45, 2.75) is 65.0 Å². The average Bonchev–Trinajstić information content (AvgIpc) is 2.93. The number of hydrogen-bond donors (Lipinski definition) is 2. The van der Waals surface area contributed by atoms with Crippen LogP contribution in [0.5, 0.6) is 0 Å². The van der Waals surface area contributed by atoms with Crippen molar-refractivity contribution in [2.75, 3.05) is 0 Å². The van der Waals surface area contributed by atoms with Crippen LogP contribution in [0.3, 0.4) is 0 Å². The Morgan fingerprint density at radius 2 is 2.00 bits per heavy atom. The summed E-state index contributed by atoms with van der Waals surface area (Å²) in [4.78, 5) is 11.2. The Bertz CT molecular complexity index is 297. The van der Waals surface area contributed by atoms with Gasteiger partial charge in [-0.05, 0) is 49.4 Å². The molecule has 2 saturated carbocycles. The van der Waals surface area contributed by atoms with E-state index in [4.69, 9.17) is 0 Å². The zero-order valence-corrected chi connectivity index (χ0v) is 11.2. The third-order valence-corrected chi connectivity index (χ3v) is 4.16. The predicted molar refractivity (Wildman–Crippen MR) is 67.9 cm³/mol. The Kier molecular flexibility index (Phi) is 3.48. The van der Waals surface area contributed by atoms with E-state index < -0.39 is 5.97 Å². The highest BCUT2D eigenvalue weighted by atomic mass is 16.4. The summed E-state index contributed by atoms with van der Waals surface area (Å²) in [6.07, 6.45) is 5.64. The maximum absolute atomic E-state index is 11.2. The molecule has 0 aliphatic heterocycles. The molecular weight excluding hydrogens is 214 g/mol. The maximum Gasteiger partial charge on any atom is 0.320 e. The summed E-state index contributed by atoms with van der Waals surface area (Å²) < 4.78 is 0. The summed E-state index contributed by atoms with van der Waals surface area (Å²) in [5.41, 5.74) is 0.349. The average molecular weight is 239 g/mol. The summed E-state index contributed by atoms with van der Waals surface area (Å²) in [6, 6.07) is 0.0801. The third-order valence-electron chi connectivity index (χ3n) is 4.16. The predicted octanol–water partition coefficient (Wildman–Crippen LogP) is 2.65. The Hall–Kier alpha value is -0.570. The monoisotopic (exact) mass is 239 g/mol. The molecule has 0 aromatic rings. The lowest BCUT2D eigenvalue weighted by Crippen LogP contribution is -2.49. The van der Waals surface area contributed by atoms with Crippen LogP contribution in [-0.4, -0.2) is 23.2 Å². The fourth-order valence-electron chi connectivity index (χ4n) is 3.57. The second kappa shape index (κ2) is 4.60. The quantitative estimate of drug-likeness (QED) is 0.793. The molecule has 0 bridgehead atoms. The second-order valence-corrected chi connectivity index (χ2v) is 6.93. The van der Waals surface area contributed by atoms with E-state index in [1.54, 1.807) is 0 Å². The molecular formula is C14H25NO2. The Morgan fingerprint density at radius 3 is 2.47 bits per heavy atom. The smallest absolute Gasteiger partial charge is 0.320 e. The van der Waals surface area contributed by atoms with E-state index in [2.05, 4.69) is 26.1 Å². The number of carbonyl (C=O) groups is 1. The number of hydrogen-bond acceptors (Lipinski definition) is 2. The van der Waals surface area contributed by atoms with Crippen molar-refractivity contribution in [1.82, 2.24) is 5.32 Å². The van der Waals surface area contributed by atoms with Crippen LogP contribution in [0.25, 0.3) is 0 Å². The lowest BCUT2D eigenvalue weighted by molar-refractivity contribution is -0.140. The van der Waals surface area contributed by atoms with Crippen LogP contribution in [-0.2, 0) is 4.79 Å². The van der Waals surface area contributed by atoms with Gasteiger partial charge in [-0.1, -0.05) is 20.8 Å². The lowest BCUT2D eigenvalue weighted by atomic mass is 9.70. The first-order valence-electron chi connectivity index (χ1n) is 6.86. The second-order valence-electron chi connectivity index (χ2n) is 6.93. The molecule has 2 fully saturated rings. The van der Waals surface area contributed by atoms with Gasteiger partial charge >= 0.3 is 5.97 Å². The Morgan fingerprint density at radius 1 is 1.35 bits per heavy atom. The molecule has 3 atom stereocenters. The molecule has 0 aromatic heterocycles. The zero-order chi connectivity index (χ0) is 12.6. The van der Waals surface area contributed by atoms with E-state index >= 15 is 0 Å². The highest BCUT2D eigenvalue weighted by Gasteiger charge is 2.40. The molecule has 2 N–H and O–H groups in total. The molecule has 0 amide bonds. The first-order valence-corrected chi connectivity index (χ1v) is 6.86. The van der Waals surface area contributed by atoms with Gasteiger partial charge in [0.2, 0.25) is 0 Å². The Balaban J connectivity index is 1.94. The Labute approximate surface area is 104 Å². The highest BCUT2D eigenvalue weighted by Crippen LogP contribution is 2.40. The van der Waals surface area contributed by atoms with Gasteiger partial charge in [-0.25, -0.2) is 0 Å². The topological polar surface area (TPSA) is 49.3 Å². The molecule has 0 aromatic carbocycles. The van der Waals surface area contributed by atoms with Gasteiger partial charge in [0.05, 0.1) is 0 Å². The SMILES string of the molecule is CC1CC(NC(C(=O)O)C2CC2)CC(C)(C)C1. The molecule has 98 valence electrons. The van der Waals surface area contributed by atoms with Crippen LogP contribution in [0.1, 0.15) is 52.9 Å². The number of carboxylic acid groups (broad SMARTS) is 1. The van der Waals surface area contributed by atoms with Gasteiger partial charge in [0.15, 0.2) is 0 Å². The fourth-order valence-corrected chi connectivity index (χ4v) is 3.57. The molecule has 0 spiro atoms. The molecule has 0 radical (unpaired) electrons. The number of rotatable bonds is 4. The van der Waals surface area contributed by atoms with Crippen molar-refractivity contribution >= 4 is 5.97 Å². The molecule has 3 heteroatoms.